The molecule has 0 aromatic rings. The Bertz CT molecular complexity index is 247. The molecule has 0 radical (unpaired) electrons. The molecule has 1 unspecified atom stereocenters. The number of piperidine rings is 1. The van der Waals surface area contributed by atoms with E-state index in [1.807, 2.05) is 0 Å². The number of rotatable bonds is 5. The van der Waals surface area contributed by atoms with Gasteiger partial charge < -0.3 is 5.32 Å². The number of nitrogens with one attached hydrogen (secondary N) is 3. The van der Waals surface area contributed by atoms with Gasteiger partial charge in [-0.05, 0) is 38.3 Å². The summed E-state index contributed by atoms with van der Waals surface area (Å²) < 4.78 is 26.7. The van der Waals surface area contributed by atoms with E-state index in [9.17, 15) is 8.42 Å². The molecule has 0 saturated carbocycles. The third-order valence-corrected chi connectivity index (χ3v) is 3.63. The van der Waals surface area contributed by atoms with Gasteiger partial charge in [-0.2, -0.15) is 8.42 Å². The van der Waals surface area contributed by atoms with Crippen LogP contribution in [0.2, 0.25) is 0 Å². The largest absolute Gasteiger partial charge is 0.316 e. The summed E-state index contributed by atoms with van der Waals surface area (Å²) in [7, 11) is -1.83. The first-order valence-corrected chi connectivity index (χ1v) is 6.51. The van der Waals surface area contributed by atoms with Crippen molar-refractivity contribution in [3.05, 3.63) is 0 Å². The predicted molar refractivity (Wildman–Crippen MR) is 56.2 cm³/mol. The first-order valence-electron chi connectivity index (χ1n) is 5.03. The third kappa shape index (κ3) is 4.36. The van der Waals surface area contributed by atoms with E-state index in [1.54, 1.807) is 0 Å². The van der Waals surface area contributed by atoms with Gasteiger partial charge >= 0.3 is 0 Å². The smallest absolute Gasteiger partial charge is 0.276 e. The Kier molecular flexibility index (Phi) is 4.80. The maximum atomic E-state index is 11.0. The fourth-order valence-corrected chi connectivity index (χ4v) is 2.17. The molecule has 14 heavy (non-hydrogen) atoms. The van der Waals surface area contributed by atoms with E-state index in [0.717, 1.165) is 19.5 Å². The van der Waals surface area contributed by atoms with E-state index in [1.165, 1.54) is 19.9 Å². The zero-order chi connectivity index (χ0) is 10.4. The SMILES string of the molecule is CNS(=O)(=O)NCCC1CCCNC1. The fourth-order valence-electron chi connectivity index (χ4n) is 1.64. The van der Waals surface area contributed by atoms with Crippen LogP contribution in [0.3, 0.4) is 0 Å². The lowest BCUT2D eigenvalue weighted by molar-refractivity contribution is 0.358. The predicted octanol–water partition coefficient (Wildman–Crippen LogP) is -0.570. The molecule has 1 rings (SSSR count). The van der Waals surface area contributed by atoms with Crippen molar-refractivity contribution < 1.29 is 8.42 Å². The van der Waals surface area contributed by atoms with Gasteiger partial charge in [0.15, 0.2) is 0 Å². The summed E-state index contributed by atoms with van der Waals surface area (Å²) in [5.74, 6) is 0.614. The van der Waals surface area contributed by atoms with Crippen molar-refractivity contribution in [2.45, 2.75) is 19.3 Å². The number of hydrogen-bond donors (Lipinski definition) is 3. The molecule has 1 atom stereocenters. The van der Waals surface area contributed by atoms with Crippen molar-refractivity contribution in [2.75, 3.05) is 26.7 Å². The molecule has 1 aliphatic rings. The van der Waals surface area contributed by atoms with Crippen LogP contribution in [-0.4, -0.2) is 35.1 Å². The van der Waals surface area contributed by atoms with Gasteiger partial charge in [-0.1, -0.05) is 0 Å². The highest BCUT2D eigenvalue weighted by atomic mass is 32.2. The molecule has 0 aromatic heterocycles. The Hall–Kier alpha value is -0.170. The van der Waals surface area contributed by atoms with Crippen molar-refractivity contribution in [1.29, 1.82) is 0 Å². The molecule has 0 bridgehead atoms. The van der Waals surface area contributed by atoms with Crippen molar-refractivity contribution in [3.63, 3.8) is 0 Å². The zero-order valence-corrected chi connectivity index (χ0v) is 9.36. The second-order valence-corrected chi connectivity index (χ2v) is 5.31. The van der Waals surface area contributed by atoms with E-state index in [0.29, 0.717) is 12.5 Å². The second kappa shape index (κ2) is 5.65. The average molecular weight is 221 g/mol. The van der Waals surface area contributed by atoms with Crippen LogP contribution >= 0.6 is 0 Å². The summed E-state index contributed by atoms with van der Waals surface area (Å²) in [6.45, 7) is 2.63. The first-order chi connectivity index (χ1) is 6.64. The Morgan fingerprint density at radius 3 is 2.86 bits per heavy atom. The van der Waals surface area contributed by atoms with Gasteiger partial charge in [-0.3, -0.25) is 0 Å². The quantitative estimate of drug-likeness (QED) is 0.582. The van der Waals surface area contributed by atoms with E-state index in [4.69, 9.17) is 0 Å². The Labute approximate surface area is 85.8 Å². The molecule has 0 amide bonds. The van der Waals surface area contributed by atoms with Gasteiger partial charge in [0.1, 0.15) is 0 Å². The highest BCUT2D eigenvalue weighted by Gasteiger charge is 2.13. The minimum atomic E-state index is -3.24. The van der Waals surface area contributed by atoms with Crippen LogP contribution in [-0.2, 0) is 10.2 Å². The first kappa shape index (κ1) is 11.9. The van der Waals surface area contributed by atoms with Gasteiger partial charge in [-0.25, -0.2) is 9.44 Å². The van der Waals surface area contributed by atoms with Crippen LogP contribution in [0.25, 0.3) is 0 Å². The van der Waals surface area contributed by atoms with Gasteiger partial charge in [0.2, 0.25) is 0 Å². The summed E-state index contributed by atoms with van der Waals surface area (Å²) in [5, 5.41) is 3.30. The van der Waals surface area contributed by atoms with Gasteiger partial charge in [0.05, 0.1) is 0 Å². The van der Waals surface area contributed by atoms with E-state index in [-0.39, 0.29) is 0 Å². The molecule has 0 aromatic carbocycles. The van der Waals surface area contributed by atoms with Gasteiger partial charge in [0.25, 0.3) is 10.2 Å². The lowest BCUT2D eigenvalue weighted by Gasteiger charge is -2.22. The minimum absolute atomic E-state index is 0.523. The Balaban J connectivity index is 2.14. The summed E-state index contributed by atoms with van der Waals surface area (Å²) in [4.78, 5) is 0. The molecule has 84 valence electrons. The van der Waals surface area contributed by atoms with E-state index >= 15 is 0 Å². The second-order valence-electron chi connectivity index (χ2n) is 3.60. The lowest BCUT2D eigenvalue weighted by atomic mass is 9.96. The molecule has 1 fully saturated rings. The highest BCUT2D eigenvalue weighted by Crippen LogP contribution is 2.12. The maximum absolute atomic E-state index is 11.0. The van der Waals surface area contributed by atoms with Crippen LogP contribution in [0.5, 0.6) is 0 Å². The summed E-state index contributed by atoms with van der Waals surface area (Å²) in [5.41, 5.74) is 0. The monoisotopic (exact) mass is 221 g/mol. The summed E-state index contributed by atoms with van der Waals surface area (Å²) >= 11 is 0. The highest BCUT2D eigenvalue weighted by molar-refractivity contribution is 7.87. The Morgan fingerprint density at radius 1 is 1.50 bits per heavy atom. The lowest BCUT2D eigenvalue weighted by Crippen LogP contribution is -2.37. The molecule has 1 saturated heterocycles. The molecule has 0 aliphatic carbocycles. The normalized spacial score (nSPS) is 23.6. The molecule has 5 nitrogen and oxygen atoms in total. The van der Waals surface area contributed by atoms with E-state index in [2.05, 4.69) is 14.8 Å². The van der Waals surface area contributed by atoms with Crippen LogP contribution < -0.4 is 14.8 Å². The molecule has 3 N–H and O–H groups in total. The summed E-state index contributed by atoms with van der Waals surface area (Å²) in [6, 6.07) is 0. The molecule has 0 spiro atoms. The zero-order valence-electron chi connectivity index (χ0n) is 8.54. The molecule has 1 aliphatic heterocycles. The third-order valence-electron chi connectivity index (χ3n) is 2.51. The number of hydrogen-bond acceptors (Lipinski definition) is 3. The molecule has 6 heteroatoms. The van der Waals surface area contributed by atoms with E-state index < -0.39 is 10.2 Å². The maximum Gasteiger partial charge on any atom is 0.276 e. The van der Waals surface area contributed by atoms with Crippen molar-refractivity contribution >= 4 is 10.2 Å². The van der Waals surface area contributed by atoms with Crippen LogP contribution in [0.4, 0.5) is 0 Å². The standard InChI is InChI=1S/C8H19N3O2S/c1-9-14(12,13)11-6-4-8-3-2-5-10-7-8/h8-11H,2-7H2,1H3. The summed E-state index contributed by atoms with van der Waals surface area (Å²) in [6.07, 6.45) is 3.31. The van der Waals surface area contributed by atoms with Crippen molar-refractivity contribution in [1.82, 2.24) is 14.8 Å². The van der Waals surface area contributed by atoms with Crippen LogP contribution in [0, 0.1) is 5.92 Å². The van der Waals surface area contributed by atoms with Crippen LogP contribution in [0.15, 0.2) is 0 Å². The fraction of sp³-hybridized carbons (Fsp3) is 1.00. The Morgan fingerprint density at radius 2 is 2.29 bits per heavy atom. The molecule has 1 heterocycles. The molecular weight excluding hydrogens is 202 g/mol. The van der Waals surface area contributed by atoms with Crippen molar-refractivity contribution in [3.8, 4) is 0 Å². The van der Waals surface area contributed by atoms with Crippen LogP contribution in [0.1, 0.15) is 19.3 Å². The molecular formula is C8H19N3O2S. The minimum Gasteiger partial charge on any atom is -0.316 e. The van der Waals surface area contributed by atoms with Gasteiger partial charge in [0, 0.05) is 13.6 Å². The average Bonchev–Trinajstić information content (AvgIpc) is 2.19. The van der Waals surface area contributed by atoms with Gasteiger partial charge in [-0.15, -0.1) is 0 Å². The topological polar surface area (TPSA) is 70.2 Å². The van der Waals surface area contributed by atoms with Crippen molar-refractivity contribution in [2.24, 2.45) is 5.92 Å².